The van der Waals surface area contributed by atoms with E-state index in [4.69, 9.17) is 4.74 Å². The van der Waals surface area contributed by atoms with Crippen LogP contribution < -0.4 is 15.4 Å². The molecule has 0 spiro atoms. The highest BCUT2D eigenvalue weighted by Crippen LogP contribution is 2.30. The third kappa shape index (κ3) is 2.72. The maximum Gasteiger partial charge on any atom is 0.271 e. The highest BCUT2D eigenvalue weighted by molar-refractivity contribution is 5.99. The fraction of sp³-hybridized carbons (Fsp3) is 0.462. The van der Waals surface area contributed by atoms with Gasteiger partial charge < -0.3 is 15.4 Å². The number of carbonyl (C=O) groups excluding carboxylic acids is 1. The van der Waals surface area contributed by atoms with Gasteiger partial charge in [0, 0.05) is 12.1 Å². The molecule has 1 amide bonds. The lowest BCUT2D eigenvalue weighted by atomic mass is 9.99. The Hall–Kier alpha value is -2.15. The Balaban J connectivity index is 2.25. The summed E-state index contributed by atoms with van der Waals surface area (Å²) in [5.41, 5.74) is -0.428. The number of benzene rings is 1. The highest BCUT2D eigenvalue weighted by atomic mass is 16.6. The van der Waals surface area contributed by atoms with Gasteiger partial charge in [0.05, 0.1) is 23.3 Å². The number of nitro groups is 1. The van der Waals surface area contributed by atoms with Gasteiger partial charge in [0.1, 0.15) is 5.75 Å². The topological polar surface area (TPSA) is 93.5 Å². The predicted octanol–water partition coefficient (Wildman–Crippen LogP) is 1.68. The molecule has 1 unspecified atom stereocenters. The van der Waals surface area contributed by atoms with Gasteiger partial charge in [-0.2, -0.15) is 0 Å². The van der Waals surface area contributed by atoms with Crippen LogP contribution in [-0.4, -0.2) is 30.0 Å². The lowest BCUT2D eigenvalue weighted by Crippen LogP contribution is -2.48. The van der Waals surface area contributed by atoms with E-state index in [9.17, 15) is 14.9 Å². The van der Waals surface area contributed by atoms with Gasteiger partial charge in [-0.25, -0.2) is 0 Å². The first-order chi connectivity index (χ1) is 9.46. The minimum absolute atomic E-state index is 0.0920. The number of nitrogens with one attached hydrogen (secondary N) is 2. The van der Waals surface area contributed by atoms with Gasteiger partial charge in [0.15, 0.2) is 0 Å². The van der Waals surface area contributed by atoms with Crippen LogP contribution in [0.25, 0.3) is 0 Å². The molecular formula is C13H17N3O4. The number of amides is 1. The monoisotopic (exact) mass is 279 g/mol. The number of ether oxygens (including phenoxy) is 1. The van der Waals surface area contributed by atoms with Gasteiger partial charge in [0.25, 0.3) is 5.69 Å². The molecule has 1 aromatic rings. The molecule has 0 bridgehead atoms. The second kappa shape index (κ2) is 5.46. The summed E-state index contributed by atoms with van der Waals surface area (Å²) in [5.74, 6) is 0.180. The Kier molecular flexibility index (Phi) is 3.89. The lowest BCUT2D eigenvalue weighted by molar-refractivity contribution is -0.384. The van der Waals surface area contributed by atoms with Crippen molar-refractivity contribution >= 4 is 17.3 Å². The van der Waals surface area contributed by atoms with Crippen LogP contribution in [0.3, 0.4) is 0 Å². The summed E-state index contributed by atoms with van der Waals surface area (Å²) < 4.78 is 5.12. The molecule has 1 atom stereocenters. The van der Waals surface area contributed by atoms with Gasteiger partial charge in [-0.15, -0.1) is 0 Å². The number of nitro benzene ring substituents is 1. The molecule has 2 N–H and O–H groups in total. The number of anilines is 1. The molecule has 0 aliphatic carbocycles. The Bertz CT molecular complexity index is 538. The summed E-state index contributed by atoms with van der Waals surface area (Å²) in [6, 6.07) is 4.11. The Morgan fingerprint density at radius 2 is 2.30 bits per heavy atom. The molecule has 108 valence electrons. The van der Waals surface area contributed by atoms with E-state index in [1.807, 2.05) is 6.92 Å². The number of nitrogens with zero attached hydrogens (tertiary/aromatic N) is 1. The van der Waals surface area contributed by atoms with Crippen LogP contribution in [0.2, 0.25) is 0 Å². The molecule has 7 nitrogen and oxygen atoms in total. The van der Waals surface area contributed by atoms with Crippen molar-refractivity contribution in [2.45, 2.75) is 25.3 Å². The molecule has 1 aliphatic heterocycles. The van der Waals surface area contributed by atoms with Gasteiger partial charge >= 0.3 is 0 Å². The molecule has 0 radical (unpaired) electrons. The fourth-order valence-electron chi connectivity index (χ4n) is 2.26. The first-order valence-electron chi connectivity index (χ1n) is 6.35. The smallest absolute Gasteiger partial charge is 0.271 e. The first kappa shape index (κ1) is 14.3. The molecule has 1 fully saturated rings. The average Bonchev–Trinajstić information content (AvgIpc) is 2.87. The largest absolute Gasteiger partial charge is 0.495 e. The van der Waals surface area contributed by atoms with E-state index in [0.717, 1.165) is 19.4 Å². The van der Waals surface area contributed by atoms with Gasteiger partial charge in [-0.1, -0.05) is 0 Å². The Morgan fingerprint density at radius 1 is 1.55 bits per heavy atom. The van der Waals surface area contributed by atoms with Crippen molar-refractivity contribution in [2.24, 2.45) is 0 Å². The van der Waals surface area contributed by atoms with Crippen LogP contribution in [0.15, 0.2) is 18.2 Å². The molecule has 20 heavy (non-hydrogen) atoms. The first-order valence-corrected chi connectivity index (χ1v) is 6.35. The van der Waals surface area contributed by atoms with Crippen molar-refractivity contribution in [1.82, 2.24) is 5.32 Å². The quantitative estimate of drug-likeness (QED) is 0.646. The summed E-state index contributed by atoms with van der Waals surface area (Å²) in [4.78, 5) is 22.6. The van der Waals surface area contributed by atoms with Crippen LogP contribution >= 0.6 is 0 Å². The number of non-ortho nitro benzene ring substituents is 1. The second-order valence-electron chi connectivity index (χ2n) is 4.96. The molecule has 1 aromatic carbocycles. The zero-order valence-electron chi connectivity index (χ0n) is 11.4. The Labute approximate surface area is 116 Å². The molecule has 1 heterocycles. The van der Waals surface area contributed by atoms with Crippen molar-refractivity contribution < 1.29 is 14.5 Å². The van der Waals surface area contributed by atoms with E-state index in [2.05, 4.69) is 10.6 Å². The zero-order valence-corrected chi connectivity index (χ0v) is 11.4. The van der Waals surface area contributed by atoms with Crippen LogP contribution in [0.5, 0.6) is 5.75 Å². The second-order valence-corrected chi connectivity index (χ2v) is 4.96. The lowest BCUT2D eigenvalue weighted by Gasteiger charge is -2.23. The molecule has 0 aromatic heterocycles. The van der Waals surface area contributed by atoms with E-state index < -0.39 is 10.5 Å². The summed E-state index contributed by atoms with van der Waals surface area (Å²) in [6.07, 6.45) is 1.66. The predicted molar refractivity (Wildman–Crippen MR) is 73.9 cm³/mol. The van der Waals surface area contributed by atoms with Crippen LogP contribution in [0, 0.1) is 10.1 Å². The summed E-state index contributed by atoms with van der Waals surface area (Å²) in [6.45, 7) is 2.61. The third-order valence-corrected chi connectivity index (χ3v) is 3.51. The van der Waals surface area contributed by atoms with E-state index in [1.165, 1.54) is 25.3 Å². The standard InChI is InChI=1S/C13H17N3O4/c1-13(6-3-7-14-13)12(17)15-10-8-9(16(18)19)4-5-11(10)20-2/h4-5,8,14H,3,6-7H2,1-2H3,(H,15,17). The van der Waals surface area contributed by atoms with Crippen molar-refractivity contribution in [3.63, 3.8) is 0 Å². The van der Waals surface area contributed by atoms with E-state index in [1.54, 1.807) is 0 Å². The summed E-state index contributed by atoms with van der Waals surface area (Å²) in [7, 11) is 1.45. The summed E-state index contributed by atoms with van der Waals surface area (Å²) >= 11 is 0. The number of rotatable bonds is 4. The van der Waals surface area contributed by atoms with Crippen LogP contribution in [0.4, 0.5) is 11.4 Å². The number of carbonyl (C=O) groups is 1. The van der Waals surface area contributed by atoms with Gasteiger partial charge in [-0.3, -0.25) is 14.9 Å². The van der Waals surface area contributed by atoms with Crippen LogP contribution in [-0.2, 0) is 4.79 Å². The normalized spacial score (nSPS) is 21.5. The van der Waals surface area contributed by atoms with E-state index in [-0.39, 0.29) is 11.6 Å². The van der Waals surface area contributed by atoms with Crippen molar-refractivity contribution in [1.29, 1.82) is 0 Å². The minimum Gasteiger partial charge on any atom is -0.495 e. The van der Waals surface area contributed by atoms with Gasteiger partial charge in [0.2, 0.25) is 5.91 Å². The number of hydrogen-bond acceptors (Lipinski definition) is 5. The molecular weight excluding hydrogens is 262 g/mol. The third-order valence-electron chi connectivity index (χ3n) is 3.51. The van der Waals surface area contributed by atoms with Crippen molar-refractivity contribution in [3.8, 4) is 5.75 Å². The van der Waals surface area contributed by atoms with Crippen molar-refractivity contribution in [2.75, 3.05) is 19.0 Å². The number of methoxy groups -OCH3 is 1. The molecule has 1 saturated heterocycles. The molecule has 7 heteroatoms. The van der Waals surface area contributed by atoms with Gasteiger partial charge in [-0.05, 0) is 32.4 Å². The fourth-order valence-corrected chi connectivity index (χ4v) is 2.26. The number of hydrogen-bond donors (Lipinski definition) is 2. The van der Waals surface area contributed by atoms with Crippen molar-refractivity contribution in [3.05, 3.63) is 28.3 Å². The minimum atomic E-state index is -0.643. The van der Waals surface area contributed by atoms with Crippen LogP contribution in [0.1, 0.15) is 19.8 Å². The summed E-state index contributed by atoms with van der Waals surface area (Å²) in [5, 5.41) is 16.6. The maximum atomic E-state index is 12.3. The highest BCUT2D eigenvalue weighted by Gasteiger charge is 2.36. The van der Waals surface area contributed by atoms with E-state index in [0.29, 0.717) is 11.4 Å². The molecule has 1 aliphatic rings. The molecule has 0 saturated carbocycles. The van der Waals surface area contributed by atoms with E-state index >= 15 is 0 Å². The maximum absolute atomic E-state index is 12.3. The Morgan fingerprint density at radius 3 is 2.85 bits per heavy atom. The zero-order chi connectivity index (χ0) is 14.8. The SMILES string of the molecule is COc1ccc([N+](=O)[O-])cc1NC(=O)C1(C)CCCN1. The molecule has 2 rings (SSSR count). The average molecular weight is 279 g/mol.